The van der Waals surface area contributed by atoms with Crippen LogP contribution in [0, 0.1) is 12.7 Å². The van der Waals surface area contributed by atoms with E-state index in [2.05, 4.69) is 33.8 Å². The molecule has 0 amide bonds. The Balaban J connectivity index is 1.82. The number of fused-ring (bicyclic) bond motifs is 2. The van der Waals surface area contributed by atoms with Crippen molar-refractivity contribution in [3.63, 3.8) is 0 Å². The minimum absolute atomic E-state index is 0.243. The number of benzene rings is 1. The average molecular weight is 361 g/mol. The van der Waals surface area contributed by atoms with E-state index in [4.69, 9.17) is 5.10 Å². The number of pyridine rings is 1. The van der Waals surface area contributed by atoms with Crippen molar-refractivity contribution in [3.05, 3.63) is 59.8 Å². The van der Waals surface area contributed by atoms with Crippen LogP contribution in [0.15, 0.2) is 42.7 Å². The van der Waals surface area contributed by atoms with Crippen LogP contribution in [0.1, 0.15) is 18.2 Å². The predicted octanol–water partition coefficient (Wildman–Crippen LogP) is 4.03. The molecule has 0 bridgehead atoms. The van der Waals surface area contributed by atoms with Gasteiger partial charge in [0.25, 0.3) is 0 Å². The number of nitrogens with zero attached hydrogens (tertiary/aromatic N) is 3. The van der Waals surface area contributed by atoms with E-state index in [1.807, 2.05) is 18.5 Å². The Morgan fingerprint density at radius 3 is 2.81 bits per heavy atom. The summed E-state index contributed by atoms with van der Waals surface area (Å²) in [4.78, 5) is 7.70. The zero-order chi connectivity index (χ0) is 18.5. The molecule has 0 saturated heterocycles. The first-order chi connectivity index (χ1) is 13.1. The molecule has 0 fully saturated rings. The zero-order valence-corrected chi connectivity index (χ0v) is 15.3. The molecule has 0 saturated carbocycles. The summed E-state index contributed by atoms with van der Waals surface area (Å²) in [7, 11) is 0. The molecule has 0 unspecified atom stereocenters. The fourth-order valence-corrected chi connectivity index (χ4v) is 3.94. The molecule has 27 heavy (non-hydrogen) atoms. The van der Waals surface area contributed by atoms with Gasteiger partial charge < -0.3 is 10.3 Å². The summed E-state index contributed by atoms with van der Waals surface area (Å²) in [6.07, 6.45) is 3.81. The lowest BCUT2D eigenvalue weighted by atomic mass is 9.95. The van der Waals surface area contributed by atoms with Gasteiger partial charge in [-0.2, -0.15) is 5.10 Å². The molecule has 4 heterocycles. The van der Waals surface area contributed by atoms with E-state index in [-0.39, 0.29) is 5.82 Å². The van der Waals surface area contributed by atoms with Crippen LogP contribution < -0.4 is 5.32 Å². The van der Waals surface area contributed by atoms with Gasteiger partial charge >= 0.3 is 0 Å². The van der Waals surface area contributed by atoms with Crippen LogP contribution in [0.3, 0.4) is 0 Å². The molecular weight excluding hydrogens is 341 g/mol. The SMILES string of the molecule is Cc1c[nH]c2nccc(-c3c(-c4ccc(F)cc4)nn4c3CN[C@H](C)C4)c12. The van der Waals surface area contributed by atoms with Crippen molar-refractivity contribution < 1.29 is 4.39 Å². The van der Waals surface area contributed by atoms with Gasteiger partial charge in [-0.25, -0.2) is 9.37 Å². The number of hydrogen-bond donors (Lipinski definition) is 2. The molecule has 3 aromatic heterocycles. The number of rotatable bonds is 2. The molecule has 5 nitrogen and oxygen atoms in total. The van der Waals surface area contributed by atoms with Gasteiger partial charge in [-0.1, -0.05) is 0 Å². The largest absolute Gasteiger partial charge is 0.346 e. The number of halogens is 1. The number of nitrogens with one attached hydrogen (secondary N) is 2. The molecule has 0 spiro atoms. The highest BCUT2D eigenvalue weighted by atomic mass is 19.1. The van der Waals surface area contributed by atoms with Gasteiger partial charge in [0.05, 0.1) is 12.2 Å². The number of aromatic nitrogens is 4. The molecule has 0 radical (unpaired) electrons. The van der Waals surface area contributed by atoms with Crippen LogP contribution >= 0.6 is 0 Å². The van der Waals surface area contributed by atoms with E-state index < -0.39 is 0 Å². The van der Waals surface area contributed by atoms with Crippen molar-refractivity contribution in [1.29, 1.82) is 0 Å². The van der Waals surface area contributed by atoms with Crippen molar-refractivity contribution in [1.82, 2.24) is 25.1 Å². The first-order valence-electron chi connectivity index (χ1n) is 9.14. The van der Waals surface area contributed by atoms with E-state index in [1.54, 1.807) is 12.1 Å². The minimum atomic E-state index is -0.243. The van der Waals surface area contributed by atoms with Crippen LogP contribution in [-0.2, 0) is 13.1 Å². The molecule has 136 valence electrons. The maximum Gasteiger partial charge on any atom is 0.138 e. The van der Waals surface area contributed by atoms with Crippen molar-refractivity contribution in [2.45, 2.75) is 33.0 Å². The molecule has 1 aliphatic heterocycles. The van der Waals surface area contributed by atoms with Gasteiger partial charge in [0.15, 0.2) is 0 Å². The molecule has 1 aromatic carbocycles. The van der Waals surface area contributed by atoms with E-state index in [1.165, 1.54) is 12.1 Å². The van der Waals surface area contributed by atoms with E-state index >= 15 is 0 Å². The normalized spacial score (nSPS) is 16.6. The Morgan fingerprint density at radius 1 is 1.19 bits per heavy atom. The Labute approximate surface area is 156 Å². The third-order valence-electron chi connectivity index (χ3n) is 5.28. The quantitative estimate of drug-likeness (QED) is 0.567. The molecule has 2 N–H and O–H groups in total. The second-order valence-corrected chi connectivity index (χ2v) is 7.20. The lowest BCUT2D eigenvalue weighted by Crippen LogP contribution is -2.36. The smallest absolute Gasteiger partial charge is 0.138 e. The molecule has 5 rings (SSSR count). The highest BCUT2D eigenvalue weighted by Gasteiger charge is 2.26. The molecular formula is C21H20FN5. The number of aromatic amines is 1. The third-order valence-corrected chi connectivity index (χ3v) is 5.28. The van der Waals surface area contributed by atoms with Crippen LogP contribution in [0.4, 0.5) is 4.39 Å². The van der Waals surface area contributed by atoms with Crippen LogP contribution in [0.2, 0.25) is 0 Å². The summed E-state index contributed by atoms with van der Waals surface area (Å²) in [5.41, 5.74) is 7.17. The van der Waals surface area contributed by atoms with E-state index in [9.17, 15) is 4.39 Å². The highest BCUT2D eigenvalue weighted by molar-refractivity contribution is 5.99. The predicted molar refractivity (Wildman–Crippen MR) is 104 cm³/mol. The molecule has 0 aliphatic carbocycles. The van der Waals surface area contributed by atoms with Gasteiger partial charge in [-0.05, 0) is 55.3 Å². The Kier molecular flexibility index (Phi) is 3.62. The molecule has 1 aliphatic rings. The third kappa shape index (κ3) is 2.56. The molecule has 1 atom stereocenters. The van der Waals surface area contributed by atoms with Gasteiger partial charge in [0, 0.05) is 41.5 Å². The molecule has 4 aromatic rings. The summed E-state index contributed by atoms with van der Waals surface area (Å²) < 4.78 is 15.6. The summed E-state index contributed by atoms with van der Waals surface area (Å²) in [6.45, 7) is 5.79. The Hall–Kier alpha value is -2.99. The number of aryl methyl sites for hydroxylation is 1. The lowest BCUT2D eigenvalue weighted by Gasteiger charge is -2.22. The van der Waals surface area contributed by atoms with Gasteiger partial charge in [0.2, 0.25) is 0 Å². The van der Waals surface area contributed by atoms with E-state index in [0.29, 0.717) is 6.04 Å². The standard InChI is InChI=1S/C21H20FN5/c1-12-9-25-21-18(12)16(7-8-23-21)19-17-10-24-13(2)11-27(17)26-20(19)14-3-5-15(22)6-4-14/h3-9,13,24H,10-11H2,1-2H3,(H,23,25)/t13-/m1/s1. The molecule has 6 heteroatoms. The first-order valence-corrected chi connectivity index (χ1v) is 9.14. The van der Waals surface area contributed by atoms with Crippen LogP contribution in [-0.4, -0.2) is 25.8 Å². The second-order valence-electron chi connectivity index (χ2n) is 7.20. The van der Waals surface area contributed by atoms with Gasteiger partial charge in [-0.15, -0.1) is 0 Å². The van der Waals surface area contributed by atoms with Crippen LogP contribution in [0.5, 0.6) is 0 Å². The number of H-pyrrole nitrogens is 1. The van der Waals surface area contributed by atoms with Crippen molar-refractivity contribution >= 4 is 11.0 Å². The zero-order valence-electron chi connectivity index (χ0n) is 15.3. The number of hydrogen-bond acceptors (Lipinski definition) is 3. The van der Waals surface area contributed by atoms with E-state index in [0.717, 1.165) is 57.8 Å². The Bertz CT molecular complexity index is 1140. The Morgan fingerprint density at radius 2 is 2.00 bits per heavy atom. The highest BCUT2D eigenvalue weighted by Crippen LogP contribution is 2.39. The maximum absolute atomic E-state index is 13.5. The summed E-state index contributed by atoms with van der Waals surface area (Å²) in [5, 5.41) is 9.56. The summed E-state index contributed by atoms with van der Waals surface area (Å²) >= 11 is 0. The fraction of sp³-hybridized carbons (Fsp3) is 0.238. The summed E-state index contributed by atoms with van der Waals surface area (Å²) in [6, 6.07) is 8.98. The van der Waals surface area contributed by atoms with Crippen molar-refractivity contribution in [2.24, 2.45) is 0 Å². The minimum Gasteiger partial charge on any atom is -0.346 e. The maximum atomic E-state index is 13.5. The summed E-state index contributed by atoms with van der Waals surface area (Å²) in [5.74, 6) is -0.243. The van der Waals surface area contributed by atoms with Crippen molar-refractivity contribution in [2.75, 3.05) is 0 Å². The average Bonchev–Trinajstić information content (AvgIpc) is 3.23. The first kappa shape index (κ1) is 16.2. The van der Waals surface area contributed by atoms with Crippen LogP contribution in [0.25, 0.3) is 33.4 Å². The topological polar surface area (TPSA) is 58.5 Å². The lowest BCUT2D eigenvalue weighted by molar-refractivity contribution is 0.390. The fourth-order valence-electron chi connectivity index (χ4n) is 3.94. The van der Waals surface area contributed by atoms with Gasteiger partial charge in [-0.3, -0.25) is 4.68 Å². The van der Waals surface area contributed by atoms with Crippen molar-refractivity contribution in [3.8, 4) is 22.4 Å². The van der Waals surface area contributed by atoms with Gasteiger partial charge in [0.1, 0.15) is 17.2 Å². The monoisotopic (exact) mass is 361 g/mol. The second kappa shape index (κ2) is 6.03.